The smallest absolute Gasteiger partial charge is 0.317 e. The Morgan fingerprint density at radius 3 is 2.59 bits per heavy atom. The van der Waals surface area contributed by atoms with Gasteiger partial charge in [0, 0.05) is 18.0 Å². The first-order valence-corrected chi connectivity index (χ1v) is 7.85. The van der Waals surface area contributed by atoms with Gasteiger partial charge in [-0.25, -0.2) is 0 Å². The summed E-state index contributed by atoms with van der Waals surface area (Å²) in [6, 6.07) is 6.75. The fraction of sp³-hybridized carbons (Fsp3) is 0.267. The summed E-state index contributed by atoms with van der Waals surface area (Å²) in [6.45, 7) is 3.39. The van der Waals surface area contributed by atoms with Gasteiger partial charge in [0.1, 0.15) is 5.60 Å². The number of pyridine rings is 1. The maximum Gasteiger partial charge on any atom is 0.317 e. The Morgan fingerprint density at radius 1 is 1.32 bits per heavy atom. The van der Waals surface area contributed by atoms with E-state index in [0.29, 0.717) is 16.7 Å². The van der Waals surface area contributed by atoms with Crippen LogP contribution in [0.1, 0.15) is 23.6 Å². The maximum atomic E-state index is 11.3. The molecule has 7 heteroatoms. The molecule has 0 spiro atoms. The van der Waals surface area contributed by atoms with Crippen molar-refractivity contribution in [2.45, 2.75) is 19.4 Å². The second-order valence-electron chi connectivity index (χ2n) is 4.99. The van der Waals surface area contributed by atoms with E-state index in [1.807, 2.05) is 0 Å². The number of benzene rings is 1. The summed E-state index contributed by atoms with van der Waals surface area (Å²) in [7, 11) is -1.77. The molecule has 22 heavy (non-hydrogen) atoms. The molecule has 2 rings (SSSR count). The Hall–Kier alpha value is -1.88. The molecule has 0 fully saturated rings. The standard InChI is InChI=1S/C15H18NO5P/c1-10-7-12(8-13(20-3)14(10)17)15(2,21-22(18)19)11-5-4-6-16-9-11/h4-9,17,22H,1-3H3,(H,18,19). The van der Waals surface area contributed by atoms with Crippen molar-refractivity contribution >= 4 is 8.25 Å². The number of phenolic OH excluding ortho intramolecular Hbond substituents is 1. The lowest BCUT2D eigenvalue weighted by atomic mass is 9.88. The maximum absolute atomic E-state index is 11.3. The summed E-state index contributed by atoms with van der Waals surface area (Å²) in [5.41, 5.74) is 0.588. The van der Waals surface area contributed by atoms with Crippen molar-refractivity contribution in [3.8, 4) is 11.5 Å². The molecule has 0 aliphatic heterocycles. The number of ether oxygens (including phenoxy) is 1. The van der Waals surface area contributed by atoms with Gasteiger partial charge >= 0.3 is 8.25 Å². The van der Waals surface area contributed by atoms with Crippen LogP contribution in [-0.2, 0) is 14.7 Å². The zero-order valence-electron chi connectivity index (χ0n) is 12.5. The molecule has 0 aliphatic rings. The van der Waals surface area contributed by atoms with Crippen molar-refractivity contribution in [3.05, 3.63) is 53.3 Å². The van der Waals surface area contributed by atoms with Gasteiger partial charge in [-0.2, -0.15) is 0 Å². The van der Waals surface area contributed by atoms with Gasteiger partial charge < -0.3 is 14.7 Å². The van der Waals surface area contributed by atoms with Crippen LogP contribution in [0.4, 0.5) is 0 Å². The van der Waals surface area contributed by atoms with E-state index in [1.165, 1.54) is 7.11 Å². The highest BCUT2D eigenvalue weighted by molar-refractivity contribution is 7.32. The van der Waals surface area contributed by atoms with Crippen LogP contribution in [-0.4, -0.2) is 22.1 Å². The molecule has 0 saturated heterocycles. The number of phenols is 1. The van der Waals surface area contributed by atoms with Crippen molar-refractivity contribution < 1.29 is 23.8 Å². The Labute approximate surface area is 129 Å². The van der Waals surface area contributed by atoms with E-state index in [9.17, 15) is 14.6 Å². The summed E-state index contributed by atoms with van der Waals surface area (Å²) in [6.07, 6.45) is 3.17. The topological polar surface area (TPSA) is 88.9 Å². The van der Waals surface area contributed by atoms with Gasteiger partial charge in [0.2, 0.25) is 0 Å². The number of rotatable bonds is 5. The second-order valence-corrected chi connectivity index (χ2v) is 5.72. The number of aryl methyl sites for hydroxylation is 1. The van der Waals surface area contributed by atoms with Crippen LogP contribution < -0.4 is 4.74 Å². The third kappa shape index (κ3) is 3.14. The van der Waals surface area contributed by atoms with E-state index in [0.717, 1.165) is 0 Å². The fourth-order valence-corrected chi connectivity index (χ4v) is 2.87. The predicted molar refractivity (Wildman–Crippen MR) is 82.4 cm³/mol. The Kier molecular flexibility index (Phi) is 4.86. The Balaban J connectivity index is 2.65. The zero-order chi connectivity index (χ0) is 16.3. The molecular weight excluding hydrogens is 305 g/mol. The molecular formula is C15H18NO5P. The summed E-state index contributed by atoms with van der Waals surface area (Å²) >= 11 is 0. The van der Waals surface area contributed by atoms with Gasteiger partial charge in [-0.15, -0.1) is 0 Å². The van der Waals surface area contributed by atoms with Crippen molar-refractivity contribution in [2.75, 3.05) is 7.11 Å². The molecule has 118 valence electrons. The third-order valence-electron chi connectivity index (χ3n) is 3.54. The van der Waals surface area contributed by atoms with Crippen molar-refractivity contribution in [1.82, 2.24) is 4.98 Å². The van der Waals surface area contributed by atoms with E-state index < -0.39 is 13.9 Å². The molecule has 0 radical (unpaired) electrons. The monoisotopic (exact) mass is 323 g/mol. The molecule has 1 heterocycles. The normalized spacial score (nSPS) is 15.1. The highest BCUT2D eigenvalue weighted by Crippen LogP contribution is 2.43. The van der Waals surface area contributed by atoms with E-state index in [4.69, 9.17) is 9.26 Å². The van der Waals surface area contributed by atoms with Crippen molar-refractivity contribution in [2.24, 2.45) is 0 Å². The predicted octanol–water partition coefficient (Wildman–Crippen LogP) is 2.77. The van der Waals surface area contributed by atoms with Crippen LogP contribution >= 0.6 is 8.25 Å². The van der Waals surface area contributed by atoms with E-state index >= 15 is 0 Å². The lowest BCUT2D eigenvalue weighted by molar-refractivity contribution is 0.123. The van der Waals surface area contributed by atoms with Crippen LogP contribution in [0.3, 0.4) is 0 Å². The number of hydrogen-bond donors (Lipinski definition) is 2. The van der Waals surface area contributed by atoms with Crippen molar-refractivity contribution in [1.29, 1.82) is 0 Å². The molecule has 2 aromatic rings. The van der Waals surface area contributed by atoms with Crippen LogP contribution in [0.2, 0.25) is 0 Å². The average Bonchev–Trinajstić information content (AvgIpc) is 2.50. The molecule has 2 atom stereocenters. The summed E-state index contributed by atoms with van der Waals surface area (Å²) < 4.78 is 21.8. The number of methoxy groups -OCH3 is 1. The molecule has 0 aliphatic carbocycles. The fourth-order valence-electron chi connectivity index (χ4n) is 2.28. The minimum atomic E-state index is -3.21. The van der Waals surface area contributed by atoms with Crippen molar-refractivity contribution in [3.63, 3.8) is 0 Å². The molecule has 0 amide bonds. The number of aromatic nitrogens is 1. The number of aromatic hydroxyl groups is 1. The Bertz CT molecular complexity index is 692. The number of hydrogen-bond acceptors (Lipinski definition) is 5. The van der Waals surface area contributed by atoms with Gasteiger partial charge in [-0.3, -0.25) is 14.1 Å². The molecule has 1 aromatic heterocycles. The van der Waals surface area contributed by atoms with Crippen LogP contribution in [0.25, 0.3) is 0 Å². The molecule has 0 saturated carbocycles. The van der Waals surface area contributed by atoms with Gasteiger partial charge in [-0.05, 0) is 43.2 Å². The van der Waals surface area contributed by atoms with E-state index in [1.54, 1.807) is 50.5 Å². The second kappa shape index (κ2) is 6.48. The minimum absolute atomic E-state index is 0.0245. The van der Waals surface area contributed by atoms with E-state index in [2.05, 4.69) is 4.98 Å². The van der Waals surface area contributed by atoms with Gasteiger partial charge in [0.05, 0.1) is 7.11 Å². The molecule has 2 unspecified atom stereocenters. The first kappa shape index (κ1) is 16.5. The van der Waals surface area contributed by atoms with Gasteiger partial charge in [0.15, 0.2) is 11.5 Å². The molecule has 6 nitrogen and oxygen atoms in total. The quantitative estimate of drug-likeness (QED) is 0.823. The SMILES string of the molecule is COc1cc(C(C)(O[PH](=O)O)c2cccnc2)cc(C)c1O. The first-order valence-electron chi connectivity index (χ1n) is 6.59. The molecule has 2 N–H and O–H groups in total. The average molecular weight is 323 g/mol. The summed E-state index contributed by atoms with van der Waals surface area (Å²) in [5.74, 6) is 0.294. The van der Waals surface area contributed by atoms with Crippen LogP contribution in [0, 0.1) is 6.92 Å². The zero-order valence-corrected chi connectivity index (χ0v) is 13.5. The first-order chi connectivity index (χ1) is 10.4. The number of nitrogens with zero attached hydrogens (tertiary/aromatic N) is 1. The Morgan fingerprint density at radius 2 is 2.05 bits per heavy atom. The van der Waals surface area contributed by atoms with Crippen LogP contribution in [0.5, 0.6) is 11.5 Å². The molecule has 1 aromatic carbocycles. The summed E-state index contributed by atoms with van der Waals surface area (Å²) in [5, 5.41) is 9.96. The highest BCUT2D eigenvalue weighted by Gasteiger charge is 2.33. The molecule has 0 bridgehead atoms. The van der Waals surface area contributed by atoms with Crippen LogP contribution in [0.15, 0.2) is 36.7 Å². The largest absolute Gasteiger partial charge is 0.504 e. The summed E-state index contributed by atoms with van der Waals surface area (Å²) in [4.78, 5) is 13.3. The lowest BCUT2D eigenvalue weighted by Gasteiger charge is -2.30. The van der Waals surface area contributed by atoms with Gasteiger partial charge in [-0.1, -0.05) is 6.07 Å². The minimum Gasteiger partial charge on any atom is -0.504 e. The van der Waals surface area contributed by atoms with Gasteiger partial charge in [0.25, 0.3) is 0 Å². The highest BCUT2D eigenvalue weighted by atomic mass is 31.1. The van der Waals surface area contributed by atoms with E-state index in [-0.39, 0.29) is 11.5 Å². The lowest BCUT2D eigenvalue weighted by Crippen LogP contribution is -2.25. The third-order valence-corrected chi connectivity index (χ3v) is 4.12.